The highest BCUT2D eigenvalue weighted by atomic mass is 16.6. The third-order valence-corrected chi connectivity index (χ3v) is 4.57. The molecule has 1 amide bonds. The normalized spacial score (nSPS) is 25.8. The van der Waals surface area contributed by atoms with Gasteiger partial charge in [-0.05, 0) is 52.9 Å². The van der Waals surface area contributed by atoms with E-state index in [2.05, 4.69) is 5.32 Å². The van der Waals surface area contributed by atoms with Crippen LogP contribution in [0.15, 0.2) is 0 Å². The van der Waals surface area contributed by atoms with Crippen molar-refractivity contribution in [2.24, 2.45) is 11.8 Å². The van der Waals surface area contributed by atoms with Crippen LogP contribution in [0.25, 0.3) is 0 Å². The third-order valence-electron chi connectivity index (χ3n) is 4.57. The summed E-state index contributed by atoms with van der Waals surface area (Å²) in [5.41, 5.74) is -0.508. The van der Waals surface area contributed by atoms with Gasteiger partial charge in [-0.2, -0.15) is 0 Å². The Kier molecular flexibility index (Phi) is 6.90. The van der Waals surface area contributed by atoms with E-state index in [1.807, 2.05) is 20.8 Å². The van der Waals surface area contributed by atoms with Crippen LogP contribution in [0.2, 0.25) is 0 Å². The summed E-state index contributed by atoms with van der Waals surface area (Å²) in [6.07, 6.45) is 4.96. The van der Waals surface area contributed by atoms with Gasteiger partial charge in [0.25, 0.3) is 0 Å². The summed E-state index contributed by atoms with van der Waals surface area (Å²) in [4.78, 5) is 24.2. The molecule has 0 radical (unpaired) electrons. The van der Waals surface area contributed by atoms with E-state index in [0.29, 0.717) is 19.8 Å². The highest BCUT2D eigenvalue weighted by Gasteiger charge is 2.32. The SMILES string of the molecule is CC(C)(C)OC(=O)NC[C@@H]1CCCC[C@@H]1OC(=O)C1CCOCC1. The number of carbonyl (C=O) groups is 2. The van der Waals surface area contributed by atoms with Crippen LogP contribution in [0.3, 0.4) is 0 Å². The minimum atomic E-state index is -0.508. The van der Waals surface area contributed by atoms with E-state index in [4.69, 9.17) is 14.2 Å². The van der Waals surface area contributed by atoms with E-state index < -0.39 is 11.7 Å². The predicted octanol–water partition coefficient (Wildman–Crippen LogP) is 3.04. The molecular weight excluding hydrogens is 310 g/mol. The molecule has 2 fully saturated rings. The molecule has 0 aromatic rings. The highest BCUT2D eigenvalue weighted by molar-refractivity contribution is 5.72. The van der Waals surface area contributed by atoms with Crippen LogP contribution in [0, 0.1) is 11.8 Å². The Morgan fingerprint density at radius 2 is 1.75 bits per heavy atom. The summed E-state index contributed by atoms with van der Waals surface area (Å²) < 4.78 is 16.4. The number of rotatable bonds is 4. The summed E-state index contributed by atoms with van der Waals surface area (Å²) in [6, 6.07) is 0. The molecule has 1 N–H and O–H groups in total. The Morgan fingerprint density at radius 1 is 1.08 bits per heavy atom. The molecule has 1 heterocycles. The van der Waals surface area contributed by atoms with Gasteiger partial charge in [0.1, 0.15) is 11.7 Å². The molecule has 2 aliphatic rings. The maximum absolute atomic E-state index is 12.3. The fraction of sp³-hybridized carbons (Fsp3) is 0.889. The fourth-order valence-electron chi connectivity index (χ4n) is 3.27. The molecule has 1 aliphatic heterocycles. The van der Waals surface area contributed by atoms with Gasteiger partial charge in [-0.25, -0.2) is 4.79 Å². The van der Waals surface area contributed by atoms with Gasteiger partial charge in [0.2, 0.25) is 0 Å². The van der Waals surface area contributed by atoms with E-state index in [9.17, 15) is 9.59 Å². The minimum absolute atomic E-state index is 0.0415. The lowest BCUT2D eigenvalue weighted by molar-refractivity contribution is -0.161. The monoisotopic (exact) mass is 341 g/mol. The first kappa shape index (κ1) is 19.0. The van der Waals surface area contributed by atoms with Gasteiger partial charge in [0.15, 0.2) is 0 Å². The summed E-state index contributed by atoms with van der Waals surface area (Å²) in [5, 5.41) is 2.82. The molecular formula is C18H31NO5. The molecule has 0 aromatic carbocycles. The van der Waals surface area contributed by atoms with Gasteiger partial charge in [0, 0.05) is 25.7 Å². The second-order valence-electron chi connectivity index (χ2n) is 7.79. The number of nitrogens with one attached hydrogen (secondary N) is 1. The van der Waals surface area contributed by atoms with Crippen LogP contribution in [0.1, 0.15) is 59.3 Å². The van der Waals surface area contributed by atoms with Crippen LogP contribution < -0.4 is 5.32 Å². The van der Waals surface area contributed by atoms with Gasteiger partial charge in [-0.15, -0.1) is 0 Å². The van der Waals surface area contributed by atoms with Crippen molar-refractivity contribution in [3.05, 3.63) is 0 Å². The maximum Gasteiger partial charge on any atom is 0.407 e. The summed E-state index contributed by atoms with van der Waals surface area (Å²) in [6.45, 7) is 7.27. The van der Waals surface area contributed by atoms with E-state index in [1.54, 1.807) is 0 Å². The Labute approximate surface area is 144 Å². The number of carbonyl (C=O) groups excluding carboxylic acids is 2. The van der Waals surface area contributed by atoms with E-state index in [1.165, 1.54) is 0 Å². The molecule has 1 saturated heterocycles. The number of esters is 1. The summed E-state index contributed by atoms with van der Waals surface area (Å²) in [7, 11) is 0. The third kappa shape index (κ3) is 6.30. The number of amides is 1. The van der Waals surface area contributed by atoms with Crippen molar-refractivity contribution in [3.63, 3.8) is 0 Å². The second-order valence-corrected chi connectivity index (χ2v) is 7.79. The fourth-order valence-corrected chi connectivity index (χ4v) is 3.27. The molecule has 0 aromatic heterocycles. The Balaban J connectivity index is 1.81. The number of hydrogen-bond donors (Lipinski definition) is 1. The Morgan fingerprint density at radius 3 is 2.42 bits per heavy atom. The van der Waals surface area contributed by atoms with Gasteiger partial charge < -0.3 is 19.5 Å². The number of ether oxygens (including phenoxy) is 3. The first-order valence-corrected chi connectivity index (χ1v) is 9.10. The Hall–Kier alpha value is -1.30. The molecule has 0 bridgehead atoms. The van der Waals surface area contributed by atoms with Crippen molar-refractivity contribution < 1.29 is 23.8 Å². The molecule has 138 valence electrons. The molecule has 0 spiro atoms. The van der Waals surface area contributed by atoms with Gasteiger partial charge in [-0.3, -0.25) is 4.79 Å². The van der Waals surface area contributed by atoms with E-state index in [0.717, 1.165) is 38.5 Å². The zero-order chi connectivity index (χ0) is 17.6. The van der Waals surface area contributed by atoms with Crippen molar-refractivity contribution in [2.75, 3.05) is 19.8 Å². The molecule has 1 aliphatic carbocycles. The first-order valence-electron chi connectivity index (χ1n) is 9.10. The zero-order valence-corrected chi connectivity index (χ0v) is 15.1. The first-order chi connectivity index (χ1) is 11.3. The maximum atomic E-state index is 12.3. The lowest BCUT2D eigenvalue weighted by atomic mass is 9.86. The predicted molar refractivity (Wildman–Crippen MR) is 89.6 cm³/mol. The van der Waals surface area contributed by atoms with Crippen LogP contribution in [0.5, 0.6) is 0 Å². The minimum Gasteiger partial charge on any atom is -0.462 e. The van der Waals surface area contributed by atoms with Crippen molar-refractivity contribution in [3.8, 4) is 0 Å². The standard InChI is InChI=1S/C18H31NO5/c1-18(2,3)24-17(21)19-12-14-6-4-5-7-15(14)23-16(20)13-8-10-22-11-9-13/h13-15H,4-12H2,1-3H3,(H,19,21)/t14-,15-/m0/s1. The molecule has 6 nitrogen and oxygen atoms in total. The average Bonchev–Trinajstić information content (AvgIpc) is 2.53. The molecule has 1 saturated carbocycles. The van der Waals surface area contributed by atoms with Crippen LogP contribution in [-0.4, -0.2) is 43.5 Å². The molecule has 6 heteroatoms. The van der Waals surface area contributed by atoms with E-state index >= 15 is 0 Å². The topological polar surface area (TPSA) is 73.9 Å². The van der Waals surface area contributed by atoms with E-state index in [-0.39, 0.29) is 23.9 Å². The lowest BCUT2D eigenvalue weighted by Gasteiger charge is -2.33. The second kappa shape index (κ2) is 8.70. The average molecular weight is 341 g/mol. The van der Waals surface area contributed by atoms with Crippen molar-refractivity contribution in [1.29, 1.82) is 0 Å². The summed E-state index contributed by atoms with van der Waals surface area (Å²) >= 11 is 0. The molecule has 24 heavy (non-hydrogen) atoms. The molecule has 0 unspecified atom stereocenters. The van der Waals surface area contributed by atoms with Crippen LogP contribution >= 0.6 is 0 Å². The van der Waals surface area contributed by atoms with Crippen molar-refractivity contribution >= 4 is 12.1 Å². The highest BCUT2D eigenvalue weighted by Crippen LogP contribution is 2.28. The zero-order valence-electron chi connectivity index (χ0n) is 15.1. The van der Waals surface area contributed by atoms with Crippen molar-refractivity contribution in [2.45, 2.75) is 71.0 Å². The quantitative estimate of drug-likeness (QED) is 0.796. The van der Waals surface area contributed by atoms with Gasteiger partial charge in [-0.1, -0.05) is 6.42 Å². The number of alkyl carbamates (subject to hydrolysis) is 1. The van der Waals surface area contributed by atoms with Crippen LogP contribution in [-0.2, 0) is 19.0 Å². The van der Waals surface area contributed by atoms with Crippen LogP contribution in [0.4, 0.5) is 4.79 Å². The molecule has 2 atom stereocenters. The molecule has 2 rings (SSSR count). The van der Waals surface area contributed by atoms with Crippen molar-refractivity contribution in [1.82, 2.24) is 5.32 Å². The lowest BCUT2D eigenvalue weighted by Crippen LogP contribution is -2.41. The largest absolute Gasteiger partial charge is 0.462 e. The Bertz CT molecular complexity index is 426. The summed E-state index contributed by atoms with van der Waals surface area (Å²) in [5.74, 6) is 0.0164. The van der Waals surface area contributed by atoms with Gasteiger partial charge >= 0.3 is 12.1 Å². The smallest absolute Gasteiger partial charge is 0.407 e. The van der Waals surface area contributed by atoms with Gasteiger partial charge in [0.05, 0.1) is 5.92 Å². The number of hydrogen-bond acceptors (Lipinski definition) is 5.